The Bertz CT molecular complexity index is 1050. The van der Waals surface area contributed by atoms with E-state index in [1.165, 1.54) is 19.1 Å². The van der Waals surface area contributed by atoms with Crippen LogP contribution in [0.25, 0.3) is 11.3 Å². The second-order valence-electron chi connectivity index (χ2n) is 7.15. The van der Waals surface area contributed by atoms with Crippen LogP contribution >= 0.6 is 0 Å². The third kappa shape index (κ3) is 4.32. The molecule has 1 saturated carbocycles. The van der Waals surface area contributed by atoms with Gasteiger partial charge in [-0.2, -0.15) is 0 Å². The number of carbonyl (C=O) groups is 2. The number of nitrogens with zero attached hydrogens (tertiary/aromatic N) is 1. The number of anilines is 2. The number of hydrogen-bond donors (Lipinski definition) is 2. The van der Waals surface area contributed by atoms with Crippen molar-refractivity contribution in [2.75, 3.05) is 10.6 Å². The minimum absolute atomic E-state index is 0.0737. The summed E-state index contributed by atoms with van der Waals surface area (Å²) in [5.74, 6) is -0.549. The third-order valence-corrected chi connectivity index (χ3v) is 4.98. The Balaban J connectivity index is 1.41. The van der Waals surface area contributed by atoms with E-state index >= 15 is 0 Å². The lowest BCUT2D eigenvalue weighted by atomic mass is 10.1. The summed E-state index contributed by atoms with van der Waals surface area (Å²) in [6, 6.07) is 17.2. The molecule has 1 aromatic heterocycles. The number of aromatic nitrogens is 1. The van der Waals surface area contributed by atoms with E-state index in [2.05, 4.69) is 15.6 Å². The molecule has 1 aliphatic carbocycles. The zero-order valence-electron chi connectivity index (χ0n) is 15.9. The summed E-state index contributed by atoms with van der Waals surface area (Å²) >= 11 is 0. The quantitative estimate of drug-likeness (QED) is 0.671. The van der Waals surface area contributed by atoms with E-state index in [9.17, 15) is 14.0 Å². The predicted octanol–water partition coefficient (Wildman–Crippen LogP) is 4.59. The molecule has 0 unspecified atom stereocenters. The summed E-state index contributed by atoms with van der Waals surface area (Å²) < 4.78 is 13.1. The van der Waals surface area contributed by atoms with E-state index in [1.54, 1.807) is 36.5 Å². The first-order valence-corrected chi connectivity index (χ1v) is 9.40. The van der Waals surface area contributed by atoms with Gasteiger partial charge in [0.05, 0.1) is 17.1 Å². The maximum absolute atomic E-state index is 13.1. The monoisotopic (exact) mass is 389 g/mol. The topological polar surface area (TPSA) is 71.1 Å². The molecule has 2 amide bonds. The number of nitrogens with one attached hydrogen (secondary N) is 2. The van der Waals surface area contributed by atoms with E-state index in [0.717, 1.165) is 23.2 Å². The van der Waals surface area contributed by atoms with Crippen LogP contribution in [0.3, 0.4) is 0 Å². The van der Waals surface area contributed by atoms with E-state index < -0.39 is 0 Å². The van der Waals surface area contributed by atoms with Crippen molar-refractivity contribution in [3.63, 3.8) is 0 Å². The highest BCUT2D eigenvalue weighted by atomic mass is 19.1. The first kappa shape index (κ1) is 18.8. The lowest BCUT2D eigenvalue weighted by Gasteiger charge is -2.11. The smallest absolute Gasteiger partial charge is 0.228 e. The fourth-order valence-electron chi connectivity index (χ4n) is 3.39. The normalized spacial score (nSPS) is 17.4. The molecule has 0 radical (unpaired) electrons. The summed E-state index contributed by atoms with van der Waals surface area (Å²) in [5.41, 5.74) is 3.78. The highest BCUT2D eigenvalue weighted by molar-refractivity contribution is 6.00. The van der Waals surface area contributed by atoms with E-state index in [1.807, 2.05) is 18.2 Å². The van der Waals surface area contributed by atoms with Gasteiger partial charge in [0, 0.05) is 24.6 Å². The van der Waals surface area contributed by atoms with Gasteiger partial charge in [0.1, 0.15) is 5.82 Å². The summed E-state index contributed by atoms with van der Waals surface area (Å²) in [5, 5.41) is 5.63. The van der Waals surface area contributed by atoms with Gasteiger partial charge < -0.3 is 10.6 Å². The van der Waals surface area contributed by atoms with Crippen LogP contribution in [-0.2, 0) is 9.59 Å². The van der Waals surface area contributed by atoms with E-state index in [4.69, 9.17) is 0 Å². The maximum Gasteiger partial charge on any atom is 0.228 e. The Labute approximate surface area is 168 Å². The van der Waals surface area contributed by atoms with Crippen LogP contribution in [0.1, 0.15) is 24.8 Å². The lowest BCUT2D eigenvalue weighted by Crippen LogP contribution is -2.17. The fraction of sp³-hybridized carbons (Fsp3) is 0.174. The van der Waals surface area contributed by atoms with Gasteiger partial charge in [0.25, 0.3) is 0 Å². The minimum Gasteiger partial charge on any atom is -0.325 e. The summed E-state index contributed by atoms with van der Waals surface area (Å²) in [7, 11) is 0. The Morgan fingerprint density at radius 2 is 1.66 bits per heavy atom. The molecule has 29 heavy (non-hydrogen) atoms. The Kier molecular flexibility index (Phi) is 5.08. The molecule has 2 atom stereocenters. The highest BCUT2D eigenvalue weighted by Crippen LogP contribution is 2.48. The zero-order chi connectivity index (χ0) is 20.4. The number of halogens is 1. The summed E-state index contributed by atoms with van der Waals surface area (Å²) in [4.78, 5) is 28.4. The van der Waals surface area contributed by atoms with Crippen LogP contribution in [0.5, 0.6) is 0 Å². The molecule has 1 fully saturated rings. The average Bonchev–Trinajstić information content (AvgIpc) is 3.51. The molecule has 1 aliphatic rings. The van der Waals surface area contributed by atoms with Gasteiger partial charge >= 0.3 is 0 Å². The minimum atomic E-state index is -0.280. The molecule has 1 heterocycles. The molecule has 146 valence electrons. The predicted molar refractivity (Wildman–Crippen MR) is 110 cm³/mol. The molecule has 0 aliphatic heterocycles. The molecule has 0 spiro atoms. The Morgan fingerprint density at radius 3 is 2.28 bits per heavy atom. The molecule has 6 heteroatoms. The van der Waals surface area contributed by atoms with Crippen molar-refractivity contribution in [2.45, 2.75) is 19.3 Å². The average molecular weight is 389 g/mol. The molecule has 0 saturated heterocycles. The number of hydrogen-bond acceptors (Lipinski definition) is 3. The second kappa shape index (κ2) is 7.83. The van der Waals surface area contributed by atoms with Gasteiger partial charge in [-0.1, -0.05) is 18.2 Å². The first-order valence-electron chi connectivity index (χ1n) is 9.40. The van der Waals surface area contributed by atoms with Gasteiger partial charge in [-0.05, 0) is 60.4 Å². The van der Waals surface area contributed by atoms with E-state index in [-0.39, 0.29) is 29.5 Å². The number of carbonyl (C=O) groups excluding carboxylic acids is 2. The van der Waals surface area contributed by atoms with Gasteiger partial charge in [0.15, 0.2) is 0 Å². The second-order valence-corrected chi connectivity index (χ2v) is 7.15. The number of benzene rings is 2. The number of amides is 2. The van der Waals surface area contributed by atoms with E-state index in [0.29, 0.717) is 11.4 Å². The van der Waals surface area contributed by atoms with Crippen LogP contribution in [0.2, 0.25) is 0 Å². The van der Waals surface area contributed by atoms with Crippen LogP contribution < -0.4 is 10.6 Å². The van der Waals surface area contributed by atoms with Crippen molar-refractivity contribution in [2.24, 2.45) is 5.92 Å². The molecule has 4 rings (SSSR count). The Morgan fingerprint density at radius 1 is 0.966 bits per heavy atom. The van der Waals surface area contributed by atoms with Crippen molar-refractivity contribution in [3.8, 4) is 11.3 Å². The van der Waals surface area contributed by atoms with Gasteiger partial charge in [0.2, 0.25) is 11.8 Å². The molecule has 2 N–H and O–H groups in total. The molecule has 0 bridgehead atoms. The largest absolute Gasteiger partial charge is 0.325 e. The fourth-order valence-corrected chi connectivity index (χ4v) is 3.39. The van der Waals surface area contributed by atoms with Crippen molar-refractivity contribution in [1.29, 1.82) is 0 Å². The van der Waals surface area contributed by atoms with Crippen molar-refractivity contribution in [3.05, 3.63) is 78.2 Å². The molecule has 3 aromatic rings. The Hall–Kier alpha value is -3.54. The standard InChI is InChI=1S/C23H20FN3O2/c1-14(28)26-21-4-2-3-5-22(21)27-23(29)19-12-18(19)16-8-11-20(25-13-16)15-6-9-17(24)10-7-15/h2-11,13,18-19H,12H2,1H3,(H,26,28)(H,27,29)/t18-,19+/m0/s1. The van der Waals surface area contributed by atoms with Gasteiger partial charge in [-0.25, -0.2) is 4.39 Å². The number of rotatable bonds is 5. The number of pyridine rings is 1. The molecular formula is C23H20FN3O2. The van der Waals surface area contributed by atoms with Crippen molar-refractivity contribution < 1.29 is 14.0 Å². The van der Waals surface area contributed by atoms with Gasteiger partial charge in [-0.15, -0.1) is 0 Å². The van der Waals surface area contributed by atoms with Crippen LogP contribution in [0, 0.1) is 11.7 Å². The van der Waals surface area contributed by atoms with Crippen LogP contribution in [-0.4, -0.2) is 16.8 Å². The summed E-state index contributed by atoms with van der Waals surface area (Å²) in [6.45, 7) is 1.43. The number of para-hydroxylation sites is 2. The van der Waals surface area contributed by atoms with Crippen LogP contribution in [0.15, 0.2) is 66.9 Å². The van der Waals surface area contributed by atoms with Crippen molar-refractivity contribution in [1.82, 2.24) is 4.98 Å². The zero-order valence-corrected chi connectivity index (χ0v) is 15.9. The third-order valence-electron chi connectivity index (χ3n) is 4.98. The van der Waals surface area contributed by atoms with Gasteiger partial charge in [-0.3, -0.25) is 14.6 Å². The molecule has 2 aromatic carbocycles. The van der Waals surface area contributed by atoms with Crippen LogP contribution in [0.4, 0.5) is 15.8 Å². The highest BCUT2D eigenvalue weighted by Gasteiger charge is 2.44. The van der Waals surface area contributed by atoms with Crippen molar-refractivity contribution >= 4 is 23.2 Å². The summed E-state index contributed by atoms with van der Waals surface area (Å²) in [6.07, 6.45) is 2.54. The first-order chi connectivity index (χ1) is 14.0. The molecular weight excluding hydrogens is 369 g/mol. The molecule has 5 nitrogen and oxygen atoms in total. The lowest BCUT2D eigenvalue weighted by molar-refractivity contribution is -0.117. The maximum atomic E-state index is 13.1. The SMILES string of the molecule is CC(=O)Nc1ccccc1NC(=O)[C@@H]1C[C@H]1c1ccc(-c2ccc(F)cc2)nc1.